The standard InChI is InChI=1S/C13H20FN3O/c1-3-13(15,4-2)9-16-12(18)17-11-7-5-6-10(14)8-11/h5-8H,3-4,9,15H2,1-2H3,(H2,16,17,18). The number of rotatable bonds is 5. The third-order valence-corrected chi connectivity index (χ3v) is 3.09. The lowest BCUT2D eigenvalue weighted by molar-refractivity contribution is 0.247. The highest BCUT2D eigenvalue weighted by atomic mass is 19.1. The monoisotopic (exact) mass is 253 g/mol. The molecule has 0 saturated carbocycles. The van der Waals surface area contributed by atoms with Gasteiger partial charge in [-0.25, -0.2) is 9.18 Å². The topological polar surface area (TPSA) is 67.1 Å². The molecule has 5 heteroatoms. The van der Waals surface area contributed by atoms with Gasteiger partial charge in [0.1, 0.15) is 5.82 Å². The molecule has 1 aromatic carbocycles. The van der Waals surface area contributed by atoms with Crippen molar-refractivity contribution in [2.45, 2.75) is 32.2 Å². The van der Waals surface area contributed by atoms with Gasteiger partial charge < -0.3 is 16.4 Å². The Bertz CT molecular complexity index is 405. The average Bonchev–Trinajstić information content (AvgIpc) is 2.36. The maximum atomic E-state index is 12.9. The first kappa shape index (κ1) is 14.4. The van der Waals surface area contributed by atoms with E-state index in [9.17, 15) is 9.18 Å². The van der Waals surface area contributed by atoms with Gasteiger partial charge in [0, 0.05) is 17.8 Å². The molecule has 2 amide bonds. The number of hydrogen-bond acceptors (Lipinski definition) is 2. The smallest absolute Gasteiger partial charge is 0.319 e. The van der Waals surface area contributed by atoms with Crippen LogP contribution in [-0.4, -0.2) is 18.1 Å². The van der Waals surface area contributed by atoms with E-state index in [-0.39, 0.29) is 17.4 Å². The summed E-state index contributed by atoms with van der Waals surface area (Å²) in [5.74, 6) is -0.386. The summed E-state index contributed by atoms with van der Waals surface area (Å²) in [6.07, 6.45) is 1.56. The van der Waals surface area contributed by atoms with Gasteiger partial charge in [0.2, 0.25) is 0 Å². The highest BCUT2D eigenvalue weighted by Crippen LogP contribution is 2.11. The number of amides is 2. The molecule has 0 aromatic heterocycles. The number of hydrogen-bond donors (Lipinski definition) is 3. The summed E-state index contributed by atoms with van der Waals surface area (Å²) in [6.45, 7) is 4.35. The van der Waals surface area contributed by atoms with Crippen LogP contribution in [0, 0.1) is 5.82 Å². The zero-order chi connectivity index (χ0) is 13.6. The zero-order valence-electron chi connectivity index (χ0n) is 10.8. The fourth-order valence-corrected chi connectivity index (χ4v) is 1.50. The van der Waals surface area contributed by atoms with Crippen molar-refractivity contribution in [1.29, 1.82) is 0 Å². The third kappa shape index (κ3) is 4.33. The lowest BCUT2D eigenvalue weighted by Crippen LogP contribution is -2.50. The second-order valence-corrected chi connectivity index (χ2v) is 4.39. The molecule has 0 spiro atoms. The molecule has 0 aliphatic carbocycles. The number of carbonyl (C=O) groups is 1. The van der Waals surface area contributed by atoms with Gasteiger partial charge in [0.15, 0.2) is 0 Å². The van der Waals surface area contributed by atoms with Gasteiger partial charge in [-0.15, -0.1) is 0 Å². The van der Waals surface area contributed by atoms with E-state index in [1.807, 2.05) is 13.8 Å². The summed E-state index contributed by atoms with van der Waals surface area (Å²) in [5, 5.41) is 5.25. The Morgan fingerprint density at radius 1 is 1.39 bits per heavy atom. The molecular weight excluding hydrogens is 233 g/mol. The van der Waals surface area contributed by atoms with Gasteiger partial charge in [0.25, 0.3) is 0 Å². The summed E-state index contributed by atoms with van der Waals surface area (Å²) in [6, 6.07) is 5.36. The van der Waals surface area contributed by atoms with Gasteiger partial charge in [-0.1, -0.05) is 19.9 Å². The van der Waals surface area contributed by atoms with E-state index < -0.39 is 0 Å². The van der Waals surface area contributed by atoms with Crippen molar-refractivity contribution in [2.75, 3.05) is 11.9 Å². The van der Waals surface area contributed by atoms with Crippen LogP contribution in [0.5, 0.6) is 0 Å². The first-order valence-corrected chi connectivity index (χ1v) is 6.08. The largest absolute Gasteiger partial charge is 0.336 e. The van der Waals surface area contributed by atoms with Crippen LogP contribution in [0.4, 0.5) is 14.9 Å². The van der Waals surface area contributed by atoms with Crippen molar-refractivity contribution < 1.29 is 9.18 Å². The Morgan fingerprint density at radius 3 is 2.61 bits per heavy atom. The molecule has 1 rings (SSSR count). The van der Waals surface area contributed by atoms with E-state index in [0.29, 0.717) is 12.2 Å². The number of nitrogens with one attached hydrogen (secondary N) is 2. The first-order valence-electron chi connectivity index (χ1n) is 6.08. The lowest BCUT2D eigenvalue weighted by atomic mass is 9.94. The van der Waals surface area contributed by atoms with E-state index in [2.05, 4.69) is 10.6 Å². The van der Waals surface area contributed by atoms with Crippen LogP contribution >= 0.6 is 0 Å². The molecule has 0 saturated heterocycles. The van der Waals surface area contributed by atoms with Crippen LogP contribution in [-0.2, 0) is 0 Å². The van der Waals surface area contributed by atoms with Crippen molar-refractivity contribution in [3.63, 3.8) is 0 Å². The maximum Gasteiger partial charge on any atom is 0.319 e. The van der Waals surface area contributed by atoms with Crippen LogP contribution in [0.15, 0.2) is 24.3 Å². The molecular formula is C13H20FN3O. The minimum atomic E-state index is -0.390. The molecule has 0 bridgehead atoms. The number of carbonyl (C=O) groups excluding carboxylic acids is 1. The molecule has 18 heavy (non-hydrogen) atoms. The third-order valence-electron chi connectivity index (χ3n) is 3.09. The van der Waals surface area contributed by atoms with Crippen LogP contribution in [0.3, 0.4) is 0 Å². The minimum Gasteiger partial charge on any atom is -0.336 e. The quantitative estimate of drug-likeness (QED) is 0.754. The van der Waals surface area contributed by atoms with E-state index in [0.717, 1.165) is 12.8 Å². The summed E-state index contributed by atoms with van der Waals surface area (Å²) in [7, 11) is 0. The van der Waals surface area contributed by atoms with Gasteiger partial charge in [-0.2, -0.15) is 0 Å². The summed E-state index contributed by atoms with van der Waals surface area (Å²) in [5.41, 5.74) is 6.09. The molecule has 1 aromatic rings. The van der Waals surface area contributed by atoms with Crippen molar-refractivity contribution in [3.05, 3.63) is 30.1 Å². The molecule has 0 aliphatic heterocycles. The number of urea groups is 1. The average molecular weight is 253 g/mol. The van der Waals surface area contributed by atoms with Crippen LogP contribution < -0.4 is 16.4 Å². The summed E-state index contributed by atoms with van der Waals surface area (Å²) < 4.78 is 12.9. The molecule has 100 valence electrons. The molecule has 0 atom stereocenters. The number of nitrogens with two attached hydrogens (primary N) is 1. The maximum absolute atomic E-state index is 12.9. The number of anilines is 1. The van der Waals surface area contributed by atoms with E-state index >= 15 is 0 Å². The van der Waals surface area contributed by atoms with Gasteiger partial charge in [-0.3, -0.25) is 0 Å². The molecule has 0 unspecified atom stereocenters. The highest BCUT2D eigenvalue weighted by Gasteiger charge is 2.20. The Labute approximate surface area is 107 Å². The second-order valence-electron chi connectivity index (χ2n) is 4.39. The lowest BCUT2D eigenvalue weighted by Gasteiger charge is -2.26. The molecule has 0 fully saturated rings. The second kappa shape index (κ2) is 6.35. The number of halogens is 1. The van der Waals surface area contributed by atoms with E-state index in [4.69, 9.17) is 5.73 Å². The fourth-order valence-electron chi connectivity index (χ4n) is 1.50. The van der Waals surface area contributed by atoms with Crippen molar-refractivity contribution in [3.8, 4) is 0 Å². The Morgan fingerprint density at radius 2 is 2.06 bits per heavy atom. The van der Waals surface area contributed by atoms with E-state index in [1.54, 1.807) is 6.07 Å². The van der Waals surface area contributed by atoms with Crippen LogP contribution in [0.25, 0.3) is 0 Å². The molecule has 0 aliphatic rings. The van der Waals surface area contributed by atoms with Gasteiger partial charge in [0.05, 0.1) is 0 Å². The Hall–Kier alpha value is -1.62. The van der Waals surface area contributed by atoms with Crippen molar-refractivity contribution in [2.24, 2.45) is 5.73 Å². The van der Waals surface area contributed by atoms with Crippen LogP contribution in [0.2, 0.25) is 0 Å². The highest BCUT2D eigenvalue weighted by molar-refractivity contribution is 5.89. The molecule has 4 N–H and O–H groups in total. The minimum absolute atomic E-state index is 0.377. The summed E-state index contributed by atoms with van der Waals surface area (Å²) in [4.78, 5) is 11.6. The van der Waals surface area contributed by atoms with E-state index in [1.165, 1.54) is 18.2 Å². The van der Waals surface area contributed by atoms with Crippen LogP contribution in [0.1, 0.15) is 26.7 Å². The van der Waals surface area contributed by atoms with Gasteiger partial charge in [-0.05, 0) is 31.0 Å². The normalized spacial score (nSPS) is 11.1. The first-order chi connectivity index (χ1) is 8.49. The number of benzene rings is 1. The predicted molar refractivity (Wildman–Crippen MR) is 70.9 cm³/mol. The summed E-state index contributed by atoms with van der Waals surface area (Å²) >= 11 is 0. The Kier molecular flexibility index (Phi) is 5.09. The molecule has 0 heterocycles. The van der Waals surface area contributed by atoms with Crippen molar-refractivity contribution in [1.82, 2.24) is 5.32 Å². The van der Waals surface area contributed by atoms with Gasteiger partial charge >= 0.3 is 6.03 Å². The molecule has 4 nitrogen and oxygen atoms in total. The SMILES string of the molecule is CCC(N)(CC)CNC(=O)Nc1cccc(F)c1. The predicted octanol–water partition coefficient (Wildman–Crippen LogP) is 2.46. The van der Waals surface area contributed by atoms with Crippen molar-refractivity contribution >= 4 is 11.7 Å². The molecule has 0 radical (unpaired) electrons. The fraction of sp³-hybridized carbons (Fsp3) is 0.462. The zero-order valence-corrected chi connectivity index (χ0v) is 10.8. The Balaban J connectivity index is 2.47.